The molecule has 0 N–H and O–H groups in total. The minimum atomic E-state index is -0.445. The van der Waals surface area contributed by atoms with Crippen molar-refractivity contribution in [2.45, 2.75) is 6.54 Å². The molecule has 5 aromatic rings. The Morgan fingerprint density at radius 1 is 1.09 bits per heavy atom. The smallest absolute Gasteiger partial charge is 0.270 e. The number of rotatable bonds is 5. The van der Waals surface area contributed by atoms with Crippen LogP contribution in [0, 0.1) is 10.1 Å². The van der Waals surface area contributed by atoms with Crippen molar-refractivity contribution >= 4 is 71.3 Å². The number of nitrogens with zero attached hydrogens (tertiary/aromatic N) is 4. The molecule has 32 heavy (non-hydrogen) atoms. The number of carbonyl (C=O) groups excluding carboxylic acids is 1. The standard InChI is InChI=1S/C22H13ClN4O3S2/c23-15-3-5-17-19(10-15)32-22(25-17)26(12-13-2-1-7-24-11-13)21(28)20-9-14-8-16(27(29)30)4-6-18(14)31-20/h1-11H,12H2. The van der Waals surface area contributed by atoms with E-state index < -0.39 is 4.92 Å². The van der Waals surface area contributed by atoms with Crippen LogP contribution in [0.3, 0.4) is 0 Å². The van der Waals surface area contributed by atoms with Crippen molar-refractivity contribution in [3.8, 4) is 0 Å². The molecule has 7 nitrogen and oxygen atoms in total. The monoisotopic (exact) mass is 480 g/mol. The maximum atomic E-state index is 13.6. The fourth-order valence-corrected chi connectivity index (χ4v) is 5.52. The first-order valence-corrected chi connectivity index (χ1v) is 11.4. The van der Waals surface area contributed by atoms with Crippen molar-refractivity contribution in [2.75, 3.05) is 4.90 Å². The summed E-state index contributed by atoms with van der Waals surface area (Å²) in [4.78, 5) is 35.1. The minimum absolute atomic E-state index is 0.00966. The number of nitro benzene ring substituents is 1. The summed E-state index contributed by atoms with van der Waals surface area (Å²) in [5.41, 5.74) is 1.60. The van der Waals surface area contributed by atoms with E-state index in [4.69, 9.17) is 11.6 Å². The summed E-state index contributed by atoms with van der Waals surface area (Å²) >= 11 is 8.79. The Morgan fingerprint density at radius 2 is 1.97 bits per heavy atom. The SMILES string of the molecule is O=C(c1cc2cc([N+](=O)[O-])ccc2s1)N(Cc1cccnc1)c1nc2ccc(Cl)cc2s1. The van der Waals surface area contributed by atoms with E-state index in [2.05, 4.69) is 9.97 Å². The Balaban J connectivity index is 1.58. The van der Waals surface area contributed by atoms with E-state index >= 15 is 0 Å². The molecule has 2 aromatic carbocycles. The lowest BCUT2D eigenvalue weighted by Crippen LogP contribution is -2.29. The van der Waals surface area contributed by atoms with Crippen LogP contribution in [0.2, 0.25) is 5.02 Å². The predicted octanol–water partition coefficient (Wildman–Crippen LogP) is 6.31. The van der Waals surface area contributed by atoms with Crippen molar-refractivity contribution in [3.63, 3.8) is 0 Å². The quantitative estimate of drug-likeness (QED) is 0.217. The fourth-order valence-electron chi connectivity index (χ4n) is 3.29. The molecule has 0 bridgehead atoms. The summed E-state index contributed by atoms with van der Waals surface area (Å²) in [5.74, 6) is -0.233. The lowest BCUT2D eigenvalue weighted by atomic mass is 10.2. The molecule has 0 aliphatic carbocycles. The number of thiazole rings is 1. The number of non-ortho nitro benzene ring substituents is 1. The van der Waals surface area contributed by atoms with Crippen LogP contribution in [0.1, 0.15) is 15.2 Å². The van der Waals surface area contributed by atoms with Gasteiger partial charge >= 0.3 is 0 Å². The van der Waals surface area contributed by atoms with E-state index in [0.29, 0.717) is 20.4 Å². The van der Waals surface area contributed by atoms with Gasteiger partial charge in [0.2, 0.25) is 0 Å². The van der Waals surface area contributed by atoms with Gasteiger partial charge in [-0.15, -0.1) is 11.3 Å². The number of hydrogen-bond donors (Lipinski definition) is 0. The third kappa shape index (κ3) is 3.93. The van der Waals surface area contributed by atoms with Crippen molar-refractivity contribution < 1.29 is 9.72 Å². The van der Waals surface area contributed by atoms with Gasteiger partial charge in [-0.3, -0.25) is 24.8 Å². The Kier molecular flexibility index (Phi) is 5.30. The molecular formula is C22H13ClN4O3S2. The van der Waals surface area contributed by atoms with E-state index in [-0.39, 0.29) is 18.1 Å². The topological polar surface area (TPSA) is 89.2 Å². The number of halogens is 1. The second kappa shape index (κ2) is 8.27. The summed E-state index contributed by atoms with van der Waals surface area (Å²) in [5, 5.41) is 12.9. The molecule has 5 rings (SSSR count). The highest BCUT2D eigenvalue weighted by molar-refractivity contribution is 7.23. The number of thiophene rings is 1. The molecule has 0 fully saturated rings. The van der Waals surface area contributed by atoms with Crippen molar-refractivity contribution in [3.05, 3.63) is 92.6 Å². The molecule has 0 saturated carbocycles. The maximum absolute atomic E-state index is 13.6. The highest BCUT2D eigenvalue weighted by atomic mass is 35.5. The second-order valence-corrected chi connectivity index (χ2v) is 9.48. The molecule has 0 spiro atoms. The number of aromatic nitrogens is 2. The lowest BCUT2D eigenvalue weighted by Gasteiger charge is -2.19. The van der Waals surface area contributed by atoms with Gasteiger partial charge in [-0.05, 0) is 42.0 Å². The van der Waals surface area contributed by atoms with E-state index in [0.717, 1.165) is 20.5 Å². The number of hydrogen-bond acceptors (Lipinski definition) is 7. The zero-order chi connectivity index (χ0) is 22.2. The third-order valence-electron chi connectivity index (χ3n) is 4.80. The van der Waals surface area contributed by atoms with Crippen molar-refractivity contribution in [1.82, 2.24) is 9.97 Å². The molecule has 0 unspecified atom stereocenters. The zero-order valence-electron chi connectivity index (χ0n) is 16.3. The minimum Gasteiger partial charge on any atom is -0.279 e. The molecule has 1 amide bonds. The summed E-state index contributed by atoms with van der Waals surface area (Å²) in [6, 6.07) is 15.4. The Labute approximate surface area is 194 Å². The molecule has 10 heteroatoms. The van der Waals surface area contributed by atoms with Gasteiger partial charge in [-0.1, -0.05) is 29.0 Å². The summed E-state index contributed by atoms with van der Waals surface area (Å²) in [7, 11) is 0. The van der Waals surface area contributed by atoms with Gasteiger partial charge in [0.15, 0.2) is 5.13 Å². The van der Waals surface area contributed by atoms with E-state index in [1.807, 2.05) is 24.3 Å². The Hall–Kier alpha value is -3.40. The van der Waals surface area contributed by atoms with Gasteiger partial charge in [-0.25, -0.2) is 4.98 Å². The third-order valence-corrected chi connectivity index (χ3v) is 7.18. The van der Waals surface area contributed by atoms with Crippen molar-refractivity contribution in [2.24, 2.45) is 0 Å². The predicted molar refractivity (Wildman–Crippen MR) is 128 cm³/mol. The molecule has 158 valence electrons. The van der Waals surface area contributed by atoms with Gasteiger partial charge in [-0.2, -0.15) is 0 Å². The number of amides is 1. The van der Waals surface area contributed by atoms with Crippen LogP contribution in [0.5, 0.6) is 0 Å². The van der Waals surface area contributed by atoms with Crippen molar-refractivity contribution in [1.29, 1.82) is 0 Å². The molecule has 3 heterocycles. The highest BCUT2D eigenvalue weighted by Gasteiger charge is 2.24. The average Bonchev–Trinajstić information content (AvgIpc) is 3.40. The summed E-state index contributed by atoms with van der Waals surface area (Å²) in [6.45, 7) is 0.286. The van der Waals surface area contributed by atoms with Crippen LogP contribution in [0.25, 0.3) is 20.3 Å². The van der Waals surface area contributed by atoms with Gasteiger partial charge in [0.1, 0.15) is 0 Å². The number of nitro groups is 1. The maximum Gasteiger partial charge on any atom is 0.270 e. The first-order chi connectivity index (χ1) is 15.5. The molecule has 0 radical (unpaired) electrons. The highest BCUT2D eigenvalue weighted by Crippen LogP contribution is 2.35. The van der Waals surface area contributed by atoms with E-state index in [9.17, 15) is 14.9 Å². The summed E-state index contributed by atoms with van der Waals surface area (Å²) < 4.78 is 1.68. The van der Waals surface area contributed by atoms with Gasteiger partial charge in [0, 0.05) is 39.6 Å². The first-order valence-electron chi connectivity index (χ1n) is 9.43. The first kappa shape index (κ1) is 20.5. The van der Waals surface area contributed by atoms with Crippen LogP contribution < -0.4 is 4.90 Å². The van der Waals surface area contributed by atoms with Gasteiger partial charge < -0.3 is 0 Å². The lowest BCUT2D eigenvalue weighted by molar-refractivity contribution is -0.384. The van der Waals surface area contributed by atoms with Crippen LogP contribution in [-0.4, -0.2) is 20.8 Å². The number of pyridine rings is 1. The molecule has 0 aliphatic rings. The van der Waals surface area contributed by atoms with Gasteiger partial charge in [0.05, 0.1) is 26.6 Å². The summed E-state index contributed by atoms with van der Waals surface area (Å²) in [6.07, 6.45) is 3.38. The normalized spacial score (nSPS) is 11.2. The molecular weight excluding hydrogens is 468 g/mol. The second-order valence-electron chi connectivity index (χ2n) is 6.95. The number of benzene rings is 2. The Morgan fingerprint density at radius 3 is 2.75 bits per heavy atom. The fraction of sp³-hybridized carbons (Fsp3) is 0.0455. The number of carbonyl (C=O) groups is 1. The molecule has 3 aromatic heterocycles. The van der Waals surface area contributed by atoms with Crippen LogP contribution in [0.15, 0.2) is 67.0 Å². The van der Waals surface area contributed by atoms with Crippen LogP contribution in [-0.2, 0) is 6.54 Å². The molecule has 0 saturated heterocycles. The van der Waals surface area contributed by atoms with Crippen LogP contribution >= 0.6 is 34.3 Å². The molecule has 0 atom stereocenters. The van der Waals surface area contributed by atoms with Gasteiger partial charge in [0.25, 0.3) is 11.6 Å². The largest absolute Gasteiger partial charge is 0.279 e. The number of anilines is 1. The zero-order valence-corrected chi connectivity index (χ0v) is 18.7. The van der Waals surface area contributed by atoms with Crippen LogP contribution in [0.4, 0.5) is 10.8 Å². The molecule has 0 aliphatic heterocycles. The average molecular weight is 481 g/mol. The van der Waals surface area contributed by atoms with E-state index in [1.54, 1.807) is 35.5 Å². The van der Waals surface area contributed by atoms with E-state index in [1.165, 1.54) is 34.8 Å². The Bertz CT molecular complexity index is 1480. The number of fused-ring (bicyclic) bond motifs is 2.